The number of carbonyl (C=O) groups is 1. The fourth-order valence-electron chi connectivity index (χ4n) is 2.60. The van der Waals surface area contributed by atoms with E-state index in [9.17, 15) is 18.0 Å². The van der Waals surface area contributed by atoms with Crippen molar-refractivity contribution < 1.29 is 18.0 Å². The Kier molecular flexibility index (Phi) is 3.68. The average molecular weight is 297 g/mol. The summed E-state index contributed by atoms with van der Waals surface area (Å²) in [4.78, 5) is 12.9. The van der Waals surface area contributed by atoms with Crippen molar-refractivity contribution in [1.29, 1.82) is 0 Å². The number of hydrogen-bond acceptors (Lipinski definition) is 2. The van der Waals surface area contributed by atoms with Crippen LogP contribution in [-0.2, 0) is 6.18 Å². The second kappa shape index (κ2) is 5.35. The Bertz CT molecular complexity index is 519. The van der Waals surface area contributed by atoms with Crippen molar-refractivity contribution in [3.63, 3.8) is 0 Å². The average Bonchev–Trinajstić information content (AvgIpc) is 3.31. The van der Waals surface area contributed by atoms with Gasteiger partial charge in [-0.15, -0.1) is 0 Å². The molecule has 0 spiro atoms. The molecule has 0 heterocycles. The lowest BCUT2D eigenvalue weighted by Gasteiger charge is -2.26. The highest BCUT2D eigenvalue weighted by Gasteiger charge is 2.35. The van der Waals surface area contributed by atoms with Crippen LogP contribution in [0, 0.1) is 11.8 Å². The number of carbonyl (C=O) groups excluding carboxylic acids is 1. The molecule has 0 unspecified atom stereocenters. The topological polar surface area (TPSA) is 20.3 Å². The van der Waals surface area contributed by atoms with Gasteiger partial charge in [0.15, 0.2) is 6.29 Å². The van der Waals surface area contributed by atoms with Crippen LogP contribution >= 0.6 is 0 Å². The molecule has 0 atom stereocenters. The summed E-state index contributed by atoms with van der Waals surface area (Å²) in [6, 6.07) is 4.07. The van der Waals surface area contributed by atoms with Crippen molar-refractivity contribution in [2.75, 3.05) is 18.0 Å². The van der Waals surface area contributed by atoms with Crippen LogP contribution in [-0.4, -0.2) is 19.4 Å². The summed E-state index contributed by atoms with van der Waals surface area (Å²) in [5.74, 6) is 1.23. The van der Waals surface area contributed by atoms with E-state index in [1.54, 1.807) is 6.07 Å². The highest BCUT2D eigenvalue weighted by molar-refractivity contribution is 5.79. The molecule has 2 fully saturated rings. The van der Waals surface area contributed by atoms with Crippen LogP contribution in [0.25, 0.3) is 0 Å². The molecule has 5 heteroatoms. The van der Waals surface area contributed by atoms with Gasteiger partial charge in [0.25, 0.3) is 0 Å². The van der Waals surface area contributed by atoms with Crippen LogP contribution in [0.5, 0.6) is 0 Å². The Hall–Kier alpha value is -1.52. The van der Waals surface area contributed by atoms with Crippen LogP contribution < -0.4 is 4.90 Å². The first-order chi connectivity index (χ1) is 9.97. The number of hydrogen-bond donors (Lipinski definition) is 0. The largest absolute Gasteiger partial charge is 0.417 e. The Morgan fingerprint density at radius 3 is 2.10 bits per heavy atom. The molecule has 2 aliphatic carbocycles. The van der Waals surface area contributed by atoms with Gasteiger partial charge in [-0.3, -0.25) is 4.79 Å². The van der Waals surface area contributed by atoms with Crippen LogP contribution in [0.3, 0.4) is 0 Å². The molecule has 114 valence electrons. The molecular formula is C16H18F3NO. The standard InChI is InChI=1S/C16H18F3NO/c17-16(18,19)15-7-14(6-5-13(15)10-21)20(8-11-1-2-11)9-12-3-4-12/h5-7,10-12H,1-4,8-9H2. The maximum absolute atomic E-state index is 13.1. The molecular weight excluding hydrogens is 279 g/mol. The van der Waals surface area contributed by atoms with Gasteiger partial charge in [-0.1, -0.05) is 0 Å². The van der Waals surface area contributed by atoms with Crippen LogP contribution in [0.4, 0.5) is 18.9 Å². The normalized spacial score (nSPS) is 18.6. The third-order valence-electron chi connectivity index (χ3n) is 4.19. The number of benzene rings is 1. The fourth-order valence-corrected chi connectivity index (χ4v) is 2.60. The van der Waals surface area contributed by atoms with Gasteiger partial charge in [0.05, 0.1) is 5.56 Å². The van der Waals surface area contributed by atoms with E-state index < -0.39 is 11.7 Å². The number of alkyl halides is 3. The van der Waals surface area contributed by atoms with Gasteiger partial charge in [-0.2, -0.15) is 13.2 Å². The summed E-state index contributed by atoms with van der Waals surface area (Å²) < 4.78 is 39.2. The van der Waals surface area contributed by atoms with E-state index in [4.69, 9.17) is 0 Å². The van der Waals surface area contributed by atoms with E-state index in [1.165, 1.54) is 31.7 Å². The molecule has 2 saturated carbocycles. The number of halogens is 3. The molecule has 0 N–H and O–H groups in total. The molecule has 0 radical (unpaired) electrons. The van der Waals surface area contributed by atoms with Gasteiger partial charge >= 0.3 is 6.18 Å². The van der Waals surface area contributed by atoms with Gasteiger partial charge < -0.3 is 4.90 Å². The van der Waals surface area contributed by atoms with Crippen molar-refractivity contribution in [3.05, 3.63) is 29.3 Å². The second-order valence-corrected chi connectivity index (χ2v) is 6.18. The summed E-state index contributed by atoms with van der Waals surface area (Å²) in [6.45, 7) is 1.66. The van der Waals surface area contributed by atoms with Crippen LogP contribution in [0.15, 0.2) is 18.2 Å². The summed E-state index contributed by atoms with van der Waals surface area (Å²) in [5.41, 5.74) is -0.526. The fraction of sp³-hybridized carbons (Fsp3) is 0.562. The smallest absolute Gasteiger partial charge is 0.371 e. The summed E-state index contributed by atoms with van der Waals surface area (Å²) in [7, 11) is 0. The third-order valence-corrected chi connectivity index (χ3v) is 4.19. The molecule has 0 bridgehead atoms. The van der Waals surface area contributed by atoms with Gasteiger partial charge in [0.2, 0.25) is 0 Å². The lowest BCUT2D eigenvalue weighted by atomic mass is 10.1. The van der Waals surface area contributed by atoms with Gasteiger partial charge in [0.1, 0.15) is 0 Å². The number of anilines is 1. The van der Waals surface area contributed by atoms with Crippen LogP contribution in [0.2, 0.25) is 0 Å². The number of aldehydes is 1. The zero-order valence-corrected chi connectivity index (χ0v) is 11.7. The molecule has 0 aliphatic heterocycles. The Labute approximate surface area is 121 Å². The predicted molar refractivity (Wildman–Crippen MR) is 74.5 cm³/mol. The van der Waals surface area contributed by atoms with E-state index in [1.807, 2.05) is 0 Å². The van der Waals surface area contributed by atoms with E-state index in [0.29, 0.717) is 17.5 Å². The zero-order chi connectivity index (χ0) is 15.0. The molecule has 3 rings (SSSR count). The van der Waals surface area contributed by atoms with Gasteiger partial charge in [-0.05, 0) is 55.7 Å². The maximum atomic E-state index is 13.1. The molecule has 21 heavy (non-hydrogen) atoms. The van der Waals surface area contributed by atoms with E-state index in [0.717, 1.165) is 19.2 Å². The quantitative estimate of drug-likeness (QED) is 0.735. The van der Waals surface area contributed by atoms with Gasteiger partial charge in [-0.25, -0.2) is 0 Å². The summed E-state index contributed by atoms with van der Waals surface area (Å²) in [5, 5.41) is 0. The molecule has 0 saturated heterocycles. The molecule has 2 aliphatic rings. The minimum atomic E-state index is -4.49. The SMILES string of the molecule is O=Cc1ccc(N(CC2CC2)CC2CC2)cc1C(F)(F)F. The first-order valence-corrected chi connectivity index (χ1v) is 7.38. The lowest BCUT2D eigenvalue weighted by molar-refractivity contribution is -0.137. The maximum Gasteiger partial charge on any atom is 0.417 e. The molecule has 0 amide bonds. The van der Waals surface area contributed by atoms with Crippen molar-refractivity contribution >= 4 is 12.0 Å². The van der Waals surface area contributed by atoms with Crippen molar-refractivity contribution in [3.8, 4) is 0 Å². The number of rotatable bonds is 6. The Morgan fingerprint density at radius 2 is 1.67 bits per heavy atom. The predicted octanol–water partition coefficient (Wildman–Crippen LogP) is 4.14. The molecule has 1 aromatic rings. The summed E-state index contributed by atoms with van der Waals surface area (Å²) >= 11 is 0. The minimum Gasteiger partial charge on any atom is -0.371 e. The minimum absolute atomic E-state index is 0.277. The molecule has 2 nitrogen and oxygen atoms in total. The highest BCUT2D eigenvalue weighted by Crippen LogP contribution is 2.38. The lowest BCUT2D eigenvalue weighted by Crippen LogP contribution is -2.28. The second-order valence-electron chi connectivity index (χ2n) is 6.18. The van der Waals surface area contributed by atoms with E-state index >= 15 is 0 Å². The Morgan fingerprint density at radius 1 is 1.10 bits per heavy atom. The van der Waals surface area contributed by atoms with E-state index in [2.05, 4.69) is 4.90 Å². The Balaban J connectivity index is 1.88. The zero-order valence-electron chi connectivity index (χ0n) is 11.7. The van der Waals surface area contributed by atoms with Gasteiger partial charge in [0, 0.05) is 24.3 Å². The van der Waals surface area contributed by atoms with E-state index in [-0.39, 0.29) is 11.8 Å². The van der Waals surface area contributed by atoms with Crippen molar-refractivity contribution in [1.82, 2.24) is 0 Å². The number of nitrogens with zero attached hydrogens (tertiary/aromatic N) is 1. The first-order valence-electron chi connectivity index (χ1n) is 7.38. The van der Waals surface area contributed by atoms with Crippen LogP contribution in [0.1, 0.15) is 41.6 Å². The highest BCUT2D eigenvalue weighted by atomic mass is 19.4. The van der Waals surface area contributed by atoms with Crippen molar-refractivity contribution in [2.24, 2.45) is 11.8 Å². The first kappa shape index (κ1) is 14.4. The monoisotopic (exact) mass is 297 g/mol. The third kappa shape index (κ3) is 3.57. The van der Waals surface area contributed by atoms with Crippen molar-refractivity contribution in [2.45, 2.75) is 31.9 Å². The summed E-state index contributed by atoms with van der Waals surface area (Å²) in [6.07, 6.45) is 0.453. The molecule has 0 aromatic heterocycles. The molecule has 1 aromatic carbocycles.